The van der Waals surface area contributed by atoms with Gasteiger partial charge in [-0.05, 0) is 37.0 Å². The molecule has 6 nitrogen and oxygen atoms in total. The van der Waals surface area contributed by atoms with Gasteiger partial charge in [0.25, 0.3) is 0 Å². The summed E-state index contributed by atoms with van der Waals surface area (Å²) in [5.41, 5.74) is -4.45. The molecular formula is C16H23F4IN4O2S. The van der Waals surface area contributed by atoms with Crippen molar-refractivity contribution in [1.29, 1.82) is 0 Å². The summed E-state index contributed by atoms with van der Waals surface area (Å²) in [7, 11) is -3.72. The van der Waals surface area contributed by atoms with Crippen LogP contribution < -0.4 is 10.6 Å². The number of nitrogens with zero attached hydrogens (tertiary/aromatic N) is 2. The Morgan fingerprint density at radius 1 is 1.29 bits per heavy atom. The lowest BCUT2D eigenvalue weighted by Gasteiger charge is -2.32. The van der Waals surface area contributed by atoms with Crippen molar-refractivity contribution in [2.24, 2.45) is 4.99 Å². The molecule has 0 amide bonds. The number of sulfonamides is 1. The summed E-state index contributed by atoms with van der Waals surface area (Å²) in [4.78, 5) is 4.05. The third-order valence-electron chi connectivity index (χ3n) is 4.25. The second kappa shape index (κ2) is 10.6. The van der Waals surface area contributed by atoms with Crippen LogP contribution in [0.25, 0.3) is 0 Å². The molecule has 0 bridgehead atoms. The highest BCUT2D eigenvalue weighted by atomic mass is 127. The van der Waals surface area contributed by atoms with Gasteiger partial charge in [-0.2, -0.15) is 17.5 Å². The molecule has 1 saturated heterocycles. The van der Waals surface area contributed by atoms with Crippen LogP contribution in [0.5, 0.6) is 0 Å². The van der Waals surface area contributed by atoms with E-state index in [9.17, 15) is 26.0 Å². The lowest BCUT2D eigenvalue weighted by Crippen LogP contribution is -2.51. The summed E-state index contributed by atoms with van der Waals surface area (Å²) in [5.74, 6) is 0.152. The molecule has 1 aliphatic heterocycles. The van der Waals surface area contributed by atoms with E-state index in [-0.39, 0.29) is 61.8 Å². The molecule has 0 spiro atoms. The number of piperidine rings is 1. The van der Waals surface area contributed by atoms with E-state index in [0.29, 0.717) is 23.2 Å². The van der Waals surface area contributed by atoms with Gasteiger partial charge < -0.3 is 10.6 Å². The molecule has 1 aromatic carbocycles. The monoisotopic (exact) mass is 538 g/mol. The van der Waals surface area contributed by atoms with Gasteiger partial charge >= 0.3 is 15.5 Å². The Labute approximate surface area is 178 Å². The maximum absolute atomic E-state index is 13.1. The predicted octanol–water partition coefficient (Wildman–Crippen LogP) is 2.47. The van der Waals surface area contributed by atoms with Crippen LogP contribution >= 0.6 is 24.0 Å². The van der Waals surface area contributed by atoms with E-state index in [4.69, 9.17) is 0 Å². The molecule has 2 rings (SSSR count). The van der Waals surface area contributed by atoms with E-state index in [1.54, 1.807) is 19.2 Å². The molecule has 1 aromatic rings. The van der Waals surface area contributed by atoms with Gasteiger partial charge in [-0.1, -0.05) is 12.1 Å². The summed E-state index contributed by atoms with van der Waals surface area (Å²) in [6, 6.07) is 6.04. The third-order valence-corrected chi connectivity index (χ3v) is 5.88. The molecule has 28 heavy (non-hydrogen) atoms. The molecule has 0 saturated carbocycles. The second-order valence-electron chi connectivity index (χ2n) is 6.15. The standard InChI is InChI=1S/C16H22F4N4O2S.HI/c1-21-15(22-8-5-12-3-2-4-13(17)11-12)23-14-6-9-24(10-7-14)27(25,26)16(18,19)20;/h2-4,11,14H,5-10H2,1H3,(H2,21,22,23);1H. The average Bonchev–Trinajstić information content (AvgIpc) is 2.60. The molecule has 0 aliphatic carbocycles. The minimum absolute atomic E-state index is 0. The van der Waals surface area contributed by atoms with E-state index in [0.717, 1.165) is 5.56 Å². The molecule has 0 radical (unpaired) electrons. The maximum atomic E-state index is 13.1. The lowest BCUT2D eigenvalue weighted by atomic mass is 10.1. The van der Waals surface area contributed by atoms with Crippen molar-refractivity contribution in [3.63, 3.8) is 0 Å². The van der Waals surface area contributed by atoms with Crippen molar-refractivity contribution >= 4 is 40.0 Å². The molecule has 0 unspecified atom stereocenters. The number of alkyl halides is 3. The van der Waals surface area contributed by atoms with E-state index in [2.05, 4.69) is 15.6 Å². The summed E-state index contributed by atoms with van der Waals surface area (Å²) < 4.78 is 74.2. The number of rotatable bonds is 5. The second-order valence-corrected chi connectivity index (χ2v) is 8.08. The summed E-state index contributed by atoms with van der Waals surface area (Å²) in [5, 5.41) is 6.13. The van der Waals surface area contributed by atoms with Crippen LogP contribution in [0.15, 0.2) is 29.3 Å². The molecule has 160 valence electrons. The van der Waals surface area contributed by atoms with Gasteiger partial charge in [0.2, 0.25) is 0 Å². The third kappa shape index (κ3) is 6.72. The fourth-order valence-corrected chi connectivity index (χ4v) is 3.78. The Morgan fingerprint density at radius 2 is 1.93 bits per heavy atom. The van der Waals surface area contributed by atoms with Crippen molar-refractivity contribution in [3.05, 3.63) is 35.6 Å². The zero-order valence-corrected chi connectivity index (χ0v) is 18.3. The molecule has 1 aliphatic rings. The predicted molar refractivity (Wildman–Crippen MR) is 110 cm³/mol. The number of hydrogen-bond donors (Lipinski definition) is 2. The first-order valence-electron chi connectivity index (χ1n) is 8.41. The van der Waals surface area contributed by atoms with Crippen LogP contribution in [0.4, 0.5) is 17.6 Å². The molecule has 2 N–H and O–H groups in total. The minimum atomic E-state index is -5.28. The van der Waals surface area contributed by atoms with Crippen LogP contribution in [-0.2, 0) is 16.4 Å². The van der Waals surface area contributed by atoms with Crippen LogP contribution in [0.2, 0.25) is 0 Å². The Bertz CT molecular complexity index is 766. The molecule has 12 heteroatoms. The van der Waals surface area contributed by atoms with E-state index in [1.165, 1.54) is 12.1 Å². The SMILES string of the molecule is CN=C(NCCc1cccc(F)c1)NC1CCN(S(=O)(=O)C(F)(F)F)CC1.I. The fourth-order valence-electron chi connectivity index (χ4n) is 2.79. The van der Waals surface area contributed by atoms with Crippen molar-refractivity contribution in [2.45, 2.75) is 30.8 Å². The number of guanidine groups is 1. The lowest BCUT2D eigenvalue weighted by molar-refractivity contribution is -0.0494. The number of aliphatic imine (C=N–C) groups is 1. The first-order chi connectivity index (χ1) is 12.6. The largest absolute Gasteiger partial charge is 0.511 e. The number of nitrogens with one attached hydrogen (secondary N) is 2. The van der Waals surface area contributed by atoms with Crippen molar-refractivity contribution in [1.82, 2.24) is 14.9 Å². The summed E-state index contributed by atoms with van der Waals surface area (Å²) in [6.07, 6.45) is 1.04. The number of benzene rings is 1. The molecule has 0 atom stereocenters. The van der Waals surface area contributed by atoms with E-state index < -0.39 is 15.5 Å². The quantitative estimate of drug-likeness (QED) is 0.262. The normalized spacial score (nSPS) is 17.1. The molecule has 1 heterocycles. The van der Waals surface area contributed by atoms with E-state index in [1.807, 2.05) is 0 Å². The van der Waals surface area contributed by atoms with Gasteiger partial charge in [0.05, 0.1) is 0 Å². The number of halogens is 5. The van der Waals surface area contributed by atoms with Gasteiger partial charge in [0.15, 0.2) is 5.96 Å². The van der Waals surface area contributed by atoms with Gasteiger partial charge in [-0.25, -0.2) is 12.8 Å². The molecular weight excluding hydrogens is 515 g/mol. The zero-order valence-electron chi connectivity index (χ0n) is 15.2. The Kier molecular flexibility index (Phi) is 9.40. The van der Waals surface area contributed by atoms with Gasteiger partial charge in [0.1, 0.15) is 5.82 Å². The molecule has 0 aromatic heterocycles. The van der Waals surface area contributed by atoms with Crippen LogP contribution in [0.1, 0.15) is 18.4 Å². The first kappa shape index (κ1) is 24.9. The van der Waals surface area contributed by atoms with E-state index >= 15 is 0 Å². The van der Waals surface area contributed by atoms with Crippen LogP contribution in [0, 0.1) is 5.82 Å². The number of hydrogen-bond acceptors (Lipinski definition) is 3. The maximum Gasteiger partial charge on any atom is 0.511 e. The smallest absolute Gasteiger partial charge is 0.356 e. The summed E-state index contributed by atoms with van der Waals surface area (Å²) >= 11 is 0. The minimum Gasteiger partial charge on any atom is -0.356 e. The fraction of sp³-hybridized carbons (Fsp3) is 0.562. The van der Waals surface area contributed by atoms with Crippen molar-refractivity contribution < 1.29 is 26.0 Å². The zero-order chi connectivity index (χ0) is 20.1. The van der Waals surface area contributed by atoms with Gasteiger partial charge in [-0.15, -0.1) is 24.0 Å². The van der Waals surface area contributed by atoms with Crippen LogP contribution in [-0.4, -0.2) is 56.9 Å². The van der Waals surface area contributed by atoms with Crippen LogP contribution in [0.3, 0.4) is 0 Å². The average molecular weight is 538 g/mol. The highest BCUT2D eigenvalue weighted by molar-refractivity contribution is 14.0. The van der Waals surface area contributed by atoms with Gasteiger partial charge in [0, 0.05) is 32.7 Å². The highest BCUT2D eigenvalue weighted by Gasteiger charge is 2.50. The van der Waals surface area contributed by atoms with Gasteiger partial charge in [-0.3, -0.25) is 4.99 Å². The van der Waals surface area contributed by atoms with Crippen molar-refractivity contribution in [3.8, 4) is 0 Å². The Morgan fingerprint density at radius 3 is 2.46 bits per heavy atom. The Hall–Kier alpha value is -1.15. The molecule has 1 fully saturated rings. The summed E-state index contributed by atoms with van der Waals surface area (Å²) in [6.45, 7) is 0.0734. The van der Waals surface area contributed by atoms with Crippen molar-refractivity contribution in [2.75, 3.05) is 26.7 Å². The topological polar surface area (TPSA) is 73.8 Å². The highest BCUT2D eigenvalue weighted by Crippen LogP contribution is 2.28. The Balaban J connectivity index is 0.00000392. The first-order valence-corrected chi connectivity index (χ1v) is 9.85.